The Kier molecular flexibility index (Phi) is 7.35. The third-order valence-electron chi connectivity index (χ3n) is 4.99. The Bertz CT molecular complexity index is 1270. The smallest absolute Gasteiger partial charge is 0.363 e. The minimum absolute atomic E-state index is 0.191. The summed E-state index contributed by atoms with van der Waals surface area (Å²) in [6.07, 6.45) is 1.66. The van der Waals surface area contributed by atoms with Crippen LogP contribution in [0.1, 0.15) is 29.2 Å². The van der Waals surface area contributed by atoms with E-state index < -0.39 is 5.97 Å². The molecule has 0 bridgehead atoms. The number of ether oxygens (including phenoxy) is 3. The number of carbonyl (C=O) groups excluding carboxylic acids is 1. The summed E-state index contributed by atoms with van der Waals surface area (Å²) >= 11 is 8.43. The normalized spacial score (nSPS) is 14.2. The molecule has 1 aliphatic rings. The molecule has 4 rings (SSSR count). The summed E-state index contributed by atoms with van der Waals surface area (Å²) in [6, 6.07) is 19.0. The molecule has 1 aliphatic heterocycles. The molecule has 3 aromatic rings. The highest BCUT2D eigenvalue weighted by molar-refractivity contribution is 14.1. The van der Waals surface area contributed by atoms with E-state index >= 15 is 0 Å². The Morgan fingerprint density at radius 3 is 2.67 bits per heavy atom. The standard InChI is InChI=1S/C26H21ClINO4/c1-3-31-24-13-17(8-11-23(24)32-15-18-7-5-4-6-16(18)2)12-22-26(30)33-25(29-22)20-14-19(28)9-10-21(20)27/h4-14H,3,15H2,1-2H3/b22-12-. The van der Waals surface area contributed by atoms with Gasteiger partial charge in [-0.3, -0.25) is 0 Å². The lowest BCUT2D eigenvalue weighted by Crippen LogP contribution is -2.06. The van der Waals surface area contributed by atoms with Crippen LogP contribution >= 0.6 is 34.2 Å². The van der Waals surface area contributed by atoms with Gasteiger partial charge < -0.3 is 14.2 Å². The minimum Gasteiger partial charge on any atom is -0.490 e. The lowest BCUT2D eigenvalue weighted by Gasteiger charge is -2.13. The second-order valence-corrected chi connectivity index (χ2v) is 8.97. The number of halogens is 2. The zero-order chi connectivity index (χ0) is 23.4. The molecule has 0 radical (unpaired) electrons. The SMILES string of the molecule is CCOc1cc(/C=C2\N=C(c3cc(I)ccc3Cl)OC2=O)ccc1OCc1ccccc1C. The van der Waals surface area contributed by atoms with Gasteiger partial charge in [-0.1, -0.05) is 41.9 Å². The topological polar surface area (TPSA) is 57.1 Å². The maximum Gasteiger partial charge on any atom is 0.363 e. The molecule has 33 heavy (non-hydrogen) atoms. The van der Waals surface area contributed by atoms with Crippen molar-refractivity contribution in [3.05, 3.63) is 97.2 Å². The van der Waals surface area contributed by atoms with Crippen molar-refractivity contribution in [1.29, 1.82) is 0 Å². The van der Waals surface area contributed by atoms with Gasteiger partial charge in [0.25, 0.3) is 0 Å². The van der Waals surface area contributed by atoms with Crippen molar-refractivity contribution in [2.45, 2.75) is 20.5 Å². The maximum absolute atomic E-state index is 12.4. The highest BCUT2D eigenvalue weighted by Crippen LogP contribution is 2.31. The number of hydrogen-bond donors (Lipinski definition) is 0. The van der Waals surface area contributed by atoms with Crippen LogP contribution in [0.2, 0.25) is 5.02 Å². The number of aryl methyl sites for hydroxylation is 1. The van der Waals surface area contributed by atoms with E-state index in [-0.39, 0.29) is 11.6 Å². The van der Waals surface area contributed by atoms with Crippen LogP contribution in [0.4, 0.5) is 0 Å². The first kappa shape index (κ1) is 23.3. The highest BCUT2D eigenvalue weighted by Gasteiger charge is 2.26. The van der Waals surface area contributed by atoms with Crippen molar-refractivity contribution < 1.29 is 19.0 Å². The summed E-state index contributed by atoms with van der Waals surface area (Å²) in [5.74, 6) is 0.887. The highest BCUT2D eigenvalue weighted by atomic mass is 127. The second kappa shape index (κ2) is 10.4. The molecule has 7 heteroatoms. The molecule has 0 saturated carbocycles. The van der Waals surface area contributed by atoms with Crippen molar-refractivity contribution >= 4 is 52.1 Å². The first-order valence-corrected chi connectivity index (χ1v) is 11.8. The van der Waals surface area contributed by atoms with E-state index in [0.717, 1.165) is 14.7 Å². The Labute approximate surface area is 211 Å². The molecule has 0 N–H and O–H groups in total. The Hall–Kier alpha value is -2.84. The van der Waals surface area contributed by atoms with Crippen LogP contribution in [0.25, 0.3) is 6.08 Å². The number of aliphatic imine (C=N–C) groups is 1. The lowest BCUT2D eigenvalue weighted by molar-refractivity contribution is -0.129. The minimum atomic E-state index is -0.530. The lowest BCUT2D eigenvalue weighted by atomic mass is 10.1. The molecule has 0 fully saturated rings. The largest absolute Gasteiger partial charge is 0.490 e. The Balaban J connectivity index is 1.59. The summed E-state index contributed by atoms with van der Waals surface area (Å²) < 4.78 is 18.1. The maximum atomic E-state index is 12.4. The van der Waals surface area contributed by atoms with E-state index in [0.29, 0.717) is 35.3 Å². The number of esters is 1. The van der Waals surface area contributed by atoms with Crippen molar-refractivity contribution in [3.8, 4) is 11.5 Å². The molecule has 0 amide bonds. The number of carbonyl (C=O) groups is 1. The summed E-state index contributed by atoms with van der Waals surface area (Å²) in [7, 11) is 0. The Morgan fingerprint density at radius 1 is 1.06 bits per heavy atom. The van der Waals surface area contributed by atoms with Crippen LogP contribution in [-0.4, -0.2) is 18.5 Å². The van der Waals surface area contributed by atoms with E-state index in [2.05, 4.69) is 40.6 Å². The molecular weight excluding hydrogens is 553 g/mol. The Morgan fingerprint density at radius 2 is 1.88 bits per heavy atom. The van der Waals surface area contributed by atoms with Crippen molar-refractivity contribution in [2.24, 2.45) is 4.99 Å². The van der Waals surface area contributed by atoms with Gasteiger partial charge >= 0.3 is 5.97 Å². The van der Waals surface area contributed by atoms with Crippen molar-refractivity contribution in [2.75, 3.05) is 6.61 Å². The molecule has 168 valence electrons. The van der Waals surface area contributed by atoms with E-state index in [1.54, 1.807) is 12.1 Å². The summed E-state index contributed by atoms with van der Waals surface area (Å²) in [6.45, 7) is 4.88. The third kappa shape index (κ3) is 5.57. The van der Waals surface area contributed by atoms with Crippen LogP contribution < -0.4 is 9.47 Å². The van der Waals surface area contributed by atoms with Crippen LogP contribution in [0.15, 0.2) is 71.4 Å². The predicted molar refractivity (Wildman–Crippen MR) is 138 cm³/mol. The van der Waals surface area contributed by atoms with Gasteiger partial charge in [0, 0.05) is 3.57 Å². The first-order chi connectivity index (χ1) is 15.9. The average molecular weight is 574 g/mol. The molecule has 5 nitrogen and oxygen atoms in total. The van der Waals surface area contributed by atoms with E-state index in [4.69, 9.17) is 25.8 Å². The summed E-state index contributed by atoms with van der Waals surface area (Å²) in [5.41, 5.74) is 3.79. The number of cyclic esters (lactones) is 1. The van der Waals surface area contributed by atoms with E-state index in [1.165, 1.54) is 5.56 Å². The number of rotatable bonds is 7. The number of benzene rings is 3. The fourth-order valence-corrected chi connectivity index (χ4v) is 3.96. The van der Waals surface area contributed by atoms with Crippen LogP contribution in [0.5, 0.6) is 11.5 Å². The molecule has 0 spiro atoms. The van der Waals surface area contributed by atoms with Gasteiger partial charge in [0.2, 0.25) is 5.90 Å². The third-order valence-corrected chi connectivity index (χ3v) is 6.00. The fraction of sp³-hybridized carbons (Fsp3) is 0.154. The van der Waals surface area contributed by atoms with Crippen LogP contribution in [0, 0.1) is 10.5 Å². The monoisotopic (exact) mass is 573 g/mol. The molecule has 0 aromatic heterocycles. The zero-order valence-electron chi connectivity index (χ0n) is 18.1. The average Bonchev–Trinajstić information content (AvgIpc) is 3.16. The van der Waals surface area contributed by atoms with Crippen LogP contribution in [-0.2, 0) is 16.1 Å². The van der Waals surface area contributed by atoms with Gasteiger partial charge in [-0.25, -0.2) is 9.79 Å². The summed E-state index contributed by atoms with van der Waals surface area (Å²) in [5, 5.41) is 0.469. The number of hydrogen-bond acceptors (Lipinski definition) is 5. The van der Waals surface area contributed by atoms with E-state index in [9.17, 15) is 4.79 Å². The van der Waals surface area contributed by atoms with Gasteiger partial charge in [-0.05, 0) is 89.5 Å². The first-order valence-electron chi connectivity index (χ1n) is 10.4. The molecule has 3 aromatic carbocycles. The van der Waals surface area contributed by atoms with Gasteiger partial charge in [0.15, 0.2) is 17.2 Å². The molecule has 0 atom stereocenters. The number of nitrogens with zero attached hydrogens (tertiary/aromatic N) is 1. The molecule has 1 heterocycles. The molecule has 0 unspecified atom stereocenters. The molecule has 0 aliphatic carbocycles. The van der Waals surface area contributed by atoms with Crippen LogP contribution in [0.3, 0.4) is 0 Å². The molecular formula is C26H21ClINO4. The van der Waals surface area contributed by atoms with Gasteiger partial charge in [0.05, 0.1) is 17.2 Å². The zero-order valence-corrected chi connectivity index (χ0v) is 21.0. The van der Waals surface area contributed by atoms with Gasteiger partial charge in [-0.2, -0.15) is 0 Å². The van der Waals surface area contributed by atoms with Gasteiger partial charge in [0.1, 0.15) is 6.61 Å². The fourth-order valence-electron chi connectivity index (χ4n) is 3.27. The summed E-state index contributed by atoms with van der Waals surface area (Å²) in [4.78, 5) is 16.8. The van der Waals surface area contributed by atoms with E-state index in [1.807, 2.05) is 55.5 Å². The second-order valence-electron chi connectivity index (χ2n) is 7.31. The quantitative estimate of drug-likeness (QED) is 0.182. The van der Waals surface area contributed by atoms with Crippen molar-refractivity contribution in [3.63, 3.8) is 0 Å². The predicted octanol–water partition coefficient (Wildman–Crippen LogP) is 6.58. The van der Waals surface area contributed by atoms with Crippen molar-refractivity contribution in [1.82, 2.24) is 0 Å². The molecule has 0 saturated heterocycles. The van der Waals surface area contributed by atoms with Gasteiger partial charge in [-0.15, -0.1) is 0 Å².